The second-order valence-corrected chi connectivity index (χ2v) is 5.97. The Labute approximate surface area is 127 Å². The number of piperazine rings is 1. The number of aromatic nitrogens is 2. The Morgan fingerprint density at radius 1 is 1.52 bits per heavy atom. The number of carbonyl (C=O) groups is 1. The lowest BCUT2D eigenvalue weighted by atomic mass is 10.1. The van der Waals surface area contributed by atoms with Crippen molar-refractivity contribution >= 4 is 5.91 Å². The summed E-state index contributed by atoms with van der Waals surface area (Å²) < 4.78 is 0. The number of aromatic amines is 1. The van der Waals surface area contributed by atoms with Gasteiger partial charge in [-0.3, -0.25) is 14.6 Å². The molecule has 118 valence electrons. The van der Waals surface area contributed by atoms with Crippen molar-refractivity contribution in [3.05, 3.63) is 18.2 Å². The van der Waals surface area contributed by atoms with Crippen LogP contribution >= 0.6 is 0 Å². The fourth-order valence-electron chi connectivity index (χ4n) is 2.64. The van der Waals surface area contributed by atoms with Crippen molar-refractivity contribution < 1.29 is 4.79 Å². The zero-order valence-corrected chi connectivity index (χ0v) is 13.5. The lowest BCUT2D eigenvalue weighted by Crippen LogP contribution is -2.52. The van der Waals surface area contributed by atoms with Crippen molar-refractivity contribution in [1.82, 2.24) is 24.7 Å². The minimum Gasteiger partial charge on any atom is -0.347 e. The van der Waals surface area contributed by atoms with E-state index in [1.807, 2.05) is 18.1 Å². The molecule has 1 aliphatic rings. The number of likely N-dealkylation sites (N-methyl/N-ethyl adjacent to an activating group) is 2. The smallest absolute Gasteiger partial charge is 0.236 e. The van der Waals surface area contributed by atoms with E-state index in [0.717, 1.165) is 25.5 Å². The molecular formula is C15H27N5O. The van der Waals surface area contributed by atoms with Gasteiger partial charge in [0, 0.05) is 38.1 Å². The highest BCUT2D eigenvalue weighted by molar-refractivity contribution is 5.78. The first kappa shape index (κ1) is 16.0. The van der Waals surface area contributed by atoms with E-state index in [1.54, 1.807) is 6.20 Å². The molecule has 0 radical (unpaired) electrons. The summed E-state index contributed by atoms with van der Waals surface area (Å²) in [7, 11) is 1.99. The zero-order valence-electron chi connectivity index (χ0n) is 13.5. The lowest BCUT2D eigenvalue weighted by molar-refractivity contribution is -0.135. The molecular weight excluding hydrogens is 266 g/mol. The summed E-state index contributed by atoms with van der Waals surface area (Å²) in [6.45, 7) is 10.2. The molecule has 1 atom stereocenters. The third-order valence-electron chi connectivity index (χ3n) is 4.35. The Hall–Kier alpha value is -1.40. The molecule has 1 amide bonds. The number of nitrogens with zero attached hydrogens (tertiary/aromatic N) is 4. The van der Waals surface area contributed by atoms with E-state index in [2.05, 4.69) is 40.5 Å². The fourth-order valence-corrected chi connectivity index (χ4v) is 2.64. The van der Waals surface area contributed by atoms with Crippen LogP contribution < -0.4 is 0 Å². The molecule has 0 aliphatic carbocycles. The molecule has 0 unspecified atom stereocenters. The maximum Gasteiger partial charge on any atom is 0.236 e. The predicted octanol–water partition coefficient (Wildman–Crippen LogP) is 0.955. The van der Waals surface area contributed by atoms with Gasteiger partial charge in [0.1, 0.15) is 5.82 Å². The van der Waals surface area contributed by atoms with Crippen molar-refractivity contribution in [2.75, 3.05) is 39.8 Å². The summed E-state index contributed by atoms with van der Waals surface area (Å²) in [4.78, 5) is 26.4. The predicted molar refractivity (Wildman–Crippen MR) is 82.9 cm³/mol. The fraction of sp³-hybridized carbons (Fsp3) is 0.733. The minimum absolute atomic E-state index is 0.173. The topological polar surface area (TPSA) is 55.5 Å². The van der Waals surface area contributed by atoms with E-state index in [0.29, 0.717) is 19.1 Å². The second-order valence-electron chi connectivity index (χ2n) is 5.97. The average Bonchev–Trinajstić information content (AvgIpc) is 3.00. The van der Waals surface area contributed by atoms with Crippen molar-refractivity contribution in [3.8, 4) is 0 Å². The Balaban J connectivity index is 2.02. The van der Waals surface area contributed by atoms with Gasteiger partial charge in [0.25, 0.3) is 0 Å². The van der Waals surface area contributed by atoms with E-state index in [4.69, 9.17) is 0 Å². The van der Waals surface area contributed by atoms with Gasteiger partial charge in [0.15, 0.2) is 0 Å². The molecule has 1 aliphatic heterocycles. The van der Waals surface area contributed by atoms with Crippen molar-refractivity contribution in [1.29, 1.82) is 0 Å². The van der Waals surface area contributed by atoms with Crippen LogP contribution in [-0.2, 0) is 4.79 Å². The molecule has 0 saturated carbocycles. The number of H-pyrrole nitrogens is 1. The van der Waals surface area contributed by atoms with Gasteiger partial charge in [-0.05, 0) is 27.4 Å². The zero-order chi connectivity index (χ0) is 15.4. The van der Waals surface area contributed by atoms with Crippen LogP contribution in [0, 0.1) is 0 Å². The maximum atomic E-state index is 12.5. The molecule has 2 heterocycles. The van der Waals surface area contributed by atoms with E-state index in [-0.39, 0.29) is 11.9 Å². The van der Waals surface area contributed by atoms with Gasteiger partial charge in [-0.25, -0.2) is 4.98 Å². The molecule has 6 heteroatoms. The summed E-state index contributed by atoms with van der Waals surface area (Å²) in [6, 6.07) is 0.554. The Kier molecular flexibility index (Phi) is 5.36. The van der Waals surface area contributed by atoms with E-state index in [1.165, 1.54) is 0 Å². The van der Waals surface area contributed by atoms with Crippen molar-refractivity contribution in [2.24, 2.45) is 0 Å². The van der Waals surface area contributed by atoms with Crippen LogP contribution in [0.3, 0.4) is 0 Å². The number of amides is 1. The van der Waals surface area contributed by atoms with Gasteiger partial charge in [0.2, 0.25) is 5.91 Å². The Bertz CT molecular complexity index is 445. The van der Waals surface area contributed by atoms with E-state index >= 15 is 0 Å². The summed E-state index contributed by atoms with van der Waals surface area (Å²) in [6.07, 6.45) is 3.62. The number of carbonyl (C=O) groups excluding carboxylic acids is 1. The summed E-state index contributed by atoms with van der Waals surface area (Å²) in [5.41, 5.74) is 0. The number of rotatable bonds is 5. The number of imidazole rings is 1. The normalized spacial score (nSPS) is 20.5. The monoisotopic (exact) mass is 293 g/mol. The van der Waals surface area contributed by atoms with Crippen molar-refractivity contribution in [2.45, 2.75) is 32.9 Å². The number of hydrogen-bond donors (Lipinski definition) is 1. The van der Waals surface area contributed by atoms with Crippen molar-refractivity contribution in [3.63, 3.8) is 0 Å². The number of hydrogen-bond acceptors (Lipinski definition) is 4. The van der Waals surface area contributed by atoms with Crippen LogP contribution in [0.2, 0.25) is 0 Å². The first-order valence-electron chi connectivity index (χ1n) is 7.74. The van der Waals surface area contributed by atoms with Crippen LogP contribution in [0.4, 0.5) is 0 Å². The Morgan fingerprint density at radius 2 is 2.29 bits per heavy atom. The largest absolute Gasteiger partial charge is 0.347 e. The molecule has 1 aromatic rings. The highest BCUT2D eigenvalue weighted by atomic mass is 16.2. The highest BCUT2D eigenvalue weighted by Crippen LogP contribution is 2.22. The third kappa shape index (κ3) is 3.83. The molecule has 0 spiro atoms. The van der Waals surface area contributed by atoms with E-state index < -0.39 is 0 Å². The summed E-state index contributed by atoms with van der Waals surface area (Å²) >= 11 is 0. The molecule has 1 saturated heterocycles. The maximum absolute atomic E-state index is 12.5. The van der Waals surface area contributed by atoms with Crippen LogP contribution in [0.5, 0.6) is 0 Å². The van der Waals surface area contributed by atoms with Gasteiger partial charge in [0.05, 0.1) is 12.6 Å². The van der Waals surface area contributed by atoms with Crippen LogP contribution in [0.15, 0.2) is 12.4 Å². The summed E-state index contributed by atoms with van der Waals surface area (Å²) in [5.74, 6) is 1.16. The minimum atomic E-state index is 0.173. The molecule has 1 fully saturated rings. The van der Waals surface area contributed by atoms with Gasteiger partial charge in [-0.15, -0.1) is 0 Å². The molecule has 21 heavy (non-hydrogen) atoms. The molecule has 0 aromatic carbocycles. The number of nitrogens with one attached hydrogen (secondary N) is 1. The van der Waals surface area contributed by atoms with E-state index in [9.17, 15) is 4.79 Å². The first-order chi connectivity index (χ1) is 10.0. The van der Waals surface area contributed by atoms with Gasteiger partial charge in [-0.2, -0.15) is 0 Å². The van der Waals surface area contributed by atoms with Crippen LogP contribution in [0.1, 0.15) is 32.6 Å². The van der Waals surface area contributed by atoms with Gasteiger partial charge >= 0.3 is 0 Å². The molecule has 6 nitrogen and oxygen atoms in total. The molecule has 2 rings (SSSR count). The van der Waals surface area contributed by atoms with Gasteiger partial charge in [-0.1, -0.05) is 6.92 Å². The van der Waals surface area contributed by atoms with Crippen LogP contribution in [-0.4, -0.2) is 76.4 Å². The lowest BCUT2D eigenvalue weighted by Gasteiger charge is -2.40. The highest BCUT2D eigenvalue weighted by Gasteiger charge is 2.31. The summed E-state index contributed by atoms with van der Waals surface area (Å²) in [5, 5.41) is 0. The molecule has 0 bridgehead atoms. The quantitative estimate of drug-likeness (QED) is 0.878. The standard InChI is InChI=1S/C15H27N5O/c1-5-19-8-9-20(14(21)11-18(4)12(2)3)10-13(19)15-16-6-7-17-15/h6-7,12-13H,5,8-11H2,1-4H3,(H,16,17)/t13-/m1/s1. The van der Waals surface area contributed by atoms with Crippen LogP contribution in [0.25, 0.3) is 0 Å². The second kappa shape index (κ2) is 7.04. The molecule has 1 N–H and O–H groups in total. The first-order valence-corrected chi connectivity index (χ1v) is 7.74. The average molecular weight is 293 g/mol. The molecule has 1 aromatic heterocycles. The van der Waals surface area contributed by atoms with Gasteiger partial charge < -0.3 is 9.88 Å². The Morgan fingerprint density at radius 3 is 2.86 bits per heavy atom. The third-order valence-corrected chi connectivity index (χ3v) is 4.35. The SMILES string of the molecule is CCN1CCN(C(=O)CN(C)C(C)C)C[C@@H]1c1ncc[nH]1.